The summed E-state index contributed by atoms with van der Waals surface area (Å²) in [6.45, 7) is 0.216. The van der Waals surface area contributed by atoms with Crippen molar-refractivity contribution in [2.45, 2.75) is 6.61 Å². The third kappa shape index (κ3) is 3.60. The molecule has 0 fully saturated rings. The van der Waals surface area contributed by atoms with E-state index in [1.807, 2.05) is 66.7 Å². The molecule has 0 N–H and O–H groups in total. The second kappa shape index (κ2) is 7.42. The Morgan fingerprint density at radius 1 is 0.846 bits per heavy atom. The molecular formula is C21H15ClN2O2. The number of rotatable bonds is 5. The van der Waals surface area contributed by atoms with Gasteiger partial charge in [0.05, 0.1) is 0 Å². The van der Waals surface area contributed by atoms with Crippen LogP contribution in [0, 0.1) is 0 Å². The standard InChI is InChI=1S/C21H15ClN2O2/c22-17-10-6-9-16(13-17)21-23-20(24-26-21)14-25-19-12-5-4-11-18(19)15-7-2-1-3-8-15/h1-13H,14H2. The van der Waals surface area contributed by atoms with E-state index < -0.39 is 0 Å². The minimum absolute atomic E-state index is 0.216. The molecule has 0 spiro atoms. The van der Waals surface area contributed by atoms with E-state index in [4.69, 9.17) is 20.9 Å². The molecule has 4 nitrogen and oxygen atoms in total. The number of halogens is 1. The topological polar surface area (TPSA) is 48.2 Å². The zero-order valence-electron chi connectivity index (χ0n) is 13.8. The van der Waals surface area contributed by atoms with Gasteiger partial charge in [-0.05, 0) is 29.8 Å². The summed E-state index contributed by atoms with van der Waals surface area (Å²) in [5, 5.41) is 4.61. The lowest BCUT2D eigenvalue weighted by atomic mass is 10.1. The van der Waals surface area contributed by atoms with Crippen molar-refractivity contribution >= 4 is 11.6 Å². The molecular weight excluding hydrogens is 348 g/mol. The lowest BCUT2D eigenvalue weighted by Gasteiger charge is -2.10. The Balaban J connectivity index is 1.52. The third-order valence-electron chi connectivity index (χ3n) is 3.87. The first-order chi connectivity index (χ1) is 12.8. The Labute approximate surface area is 156 Å². The molecule has 4 rings (SSSR count). The van der Waals surface area contributed by atoms with Crippen molar-refractivity contribution in [2.75, 3.05) is 0 Å². The molecule has 26 heavy (non-hydrogen) atoms. The Kier molecular flexibility index (Phi) is 4.67. The van der Waals surface area contributed by atoms with Crippen LogP contribution >= 0.6 is 11.6 Å². The molecule has 5 heteroatoms. The largest absolute Gasteiger partial charge is 0.485 e. The van der Waals surface area contributed by atoms with Gasteiger partial charge >= 0.3 is 0 Å². The summed E-state index contributed by atoms with van der Waals surface area (Å²) in [6, 6.07) is 25.3. The summed E-state index contributed by atoms with van der Waals surface area (Å²) >= 11 is 6.00. The molecule has 0 aliphatic heterocycles. The zero-order chi connectivity index (χ0) is 17.8. The SMILES string of the molecule is Clc1cccc(-c2nc(COc3ccccc3-c3ccccc3)no2)c1. The highest BCUT2D eigenvalue weighted by atomic mass is 35.5. The van der Waals surface area contributed by atoms with Gasteiger partial charge in [0, 0.05) is 16.1 Å². The molecule has 0 bridgehead atoms. The van der Waals surface area contributed by atoms with E-state index >= 15 is 0 Å². The van der Waals surface area contributed by atoms with Gasteiger partial charge in [-0.1, -0.05) is 71.4 Å². The maximum absolute atomic E-state index is 6.00. The predicted molar refractivity (Wildman–Crippen MR) is 101 cm³/mol. The minimum atomic E-state index is 0.216. The van der Waals surface area contributed by atoms with Crippen LogP contribution in [-0.2, 0) is 6.61 Å². The maximum atomic E-state index is 6.00. The Morgan fingerprint density at radius 2 is 1.62 bits per heavy atom. The Hall–Kier alpha value is -3.11. The highest BCUT2D eigenvalue weighted by Crippen LogP contribution is 2.30. The van der Waals surface area contributed by atoms with Gasteiger partial charge in [-0.3, -0.25) is 0 Å². The average molecular weight is 363 g/mol. The smallest absolute Gasteiger partial charge is 0.258 e. The van der Waals surface area contributed by atoms with Crippen LogP contribution in [0.5, 0.6) is 5.75 Å². The quantitative estimate of drug-likeness (QED) is 0.461. The van der Waals surface area contributed by atoms with Gasteiger partial charge < -0.3 is 9.26 Å². The number of hydrogen-bond donors (Lipinski definition) is 0. The molecule has 0 amide bonds. The lowest BCUT2D eigenvalue weighted by molar-refractivity contribution is 0.288. The first-order valence-electron chi connectivity index (χ1n) is 8.15. The van der Waals surface area contributed by atoms with Crippen molar-refractivity contribution in [1.82, 2.24) is 10.1 Å². The van der Waals surface area contributed by atoms with Crippen molar-refractivity contribution in [2.24, 2.45) is 0 Å². The van der Waals surface area contributed by atoms with Crippen molar-refractivity contribution in [1.29, 1.82) is 0 Å². The Morgan fingerprint density at radius 3 is 2.46 bits per heavy atom. The van der Waals surface area contributed by atoms with Crippen LogP contribution in [-0.4, -0.2) is 10.1 Å². The van der Waals surface area contributed by atoms with Gasteiger partial charge in [0.2, 0.25) is 5.82 Å². The molecule has 0 saturated carbocycles. The van der Waals surface area contributed by atoms with Crippen LogP contribution in [0.15, 0.2) is 83.4 Å². The zero-order valence-corrected chi connectivity index (χ0v) is 14.6. The van der Waals surface area contributed by atoms with Gasteiger partial charge in [0.1, 0.15) is 5.75 Å². The molecule has 0 aliphatic rings. The summed E-state index contributed by atoms with van der Waals surface area (Å²) in [6.07, 6.45) is 0. The molecule has 0 saturated heterocycles. The normalized spacial score (nSPS) is 10.7. The van der Waals surface area contributed by atoms with Gasteiger partial charge in [0.15, 0.2) is 6.61 Å². The average Bonchev–Trinajstić information content (AvgIpc) is 3.16. The second-order valence-electron chi connectivity index (χ2n) is 5.68. The summed E-state index contributed by atoms with van der Waals surface area (Å²) in [4.78, 5) is 4.38. The molecule has 0 aliphatic carbocycles. The summed E-state index contributed by atoms with van der Waals surface area (Å²) < 4.78 is 11.2. The van der Waals surface area contributed by atoms with Crippen molar-refractivity contribution in [3.05, 3.63) is 89.7 Å². The van der Waals surface area contributed by atoms with E-state index in [-0.39, 0.29) is 6.61 Å². The fraction of sp³-hybridized carbons (Fsp3) is 0.0476. The van der Waals surface area contributed by atoms with Crippen LogP contribution in [0.25, 0.3) is 22.6 Å². The molecule has 0 atom stereocenters. The summed E-state index contributed by atoms with van der Waals surface area (Å²) in [7, 11) is 0. The third-order valence-corrected chi connectivity index (χ3v) is 4.10. The monoisotopic (exact) mass is 362 g/mol. The highest BCUT2D eigenvalue weighted by molar-refractivity contribution is 6.30. The minimum Gasteiger partial charge on any atom is -0.485 e. The number of aromatic nitrogens is 2. The molecule has 128 valence electrons. The van der Waals surface area contributed by atoms with E-state index in [0.29, 0.717) is 16.7 Å². The van der Waals surface area contributed by atoms with E-state index in [2.05, 4.69) is 10.1 Å². The molecule has 1 heterocycles. The maximum Gasteiger partial charge on any atom is 0.258 e. The van der Waals surface area contributed by atoms with E-state index in [9.17, 15) is 0 Å². The lowest BCUT2D eigenvalue weighted by Crippen LogP contribution is -1.99. The van der Waals surface area contributed by atoms with E-state index in [1.165, 1.54) is 0 Å². The van der Waals surface area contributed by atoms with Crippen LogP contribution < -0.4 is 4.74 Å². The van der Waals surface area contributed by atoms with Crippen molar-refractivity contribution in [3.8, 4) is 28.3 Å². The fourth-order valence-electron chi connectivity index (χ4n) is 2.64. The number of para-hydroxylation sites is 1. The van der Waals surface area contributed by atoms with Crippen molar-refractivity contribution in [3.63, 3.8) is 0 Å². The van der Waals surface area contributed by atoms with Gasteiger partial charge in [-0.15, -0.1) is 0 Å². The molecule has 3 aromatic carbocycles. The van der Waals surface area contributed by atoms with E-state index in [1.54, 1.807) is 12.1 Å². The predicted octanol–water partition coefficient (Wildman–Crippen LogP) is 5.64. The number of hydrogen-bond acceptors (Lipinski definition) is 4. The highest BCUT2D eigenvalue weighted by Gasteiger charge is 2.11. The first-order valence-corrected chi connectivity index (χ1v) is 8.53. The Bertz CT molecular complexity index is 1020. The van der Waals surface area contributed by atoms with E-state index in [0.717, 1.165) is 22.4 Å². The van der Waals surface area contributed by atoms with Gasteiger partial charge in [-0.2, -0.15) is 4.98 Å². The summed E-state index contributed by atoms with van der Waals surface area (Å²) in [5.74, 6) is 1.66. The van der Waals surface area contributed by atoms with Gasteiger partial charge in [-0.25, -0.2) is 0 Å². The fourth-order valence-corrected chi connectivity index (χ4v) is 2.83. The van der Waals surface area contributed by atoms with Gasteiger partial charge in [0.25, 0.3) is 5.89 Å². The number of benzene rings is 3. The summed E-state index contributed by atoms with van der Waals surface area (Å²) in [5.41, 5.74) is 2.89. The van der Waals surface area contributed by atoms with Crippen LogP contribution in [0.3, 0.4) is 0 Å². The number of nitrogens with zero attached hydrogens (tertiary/aromatic N) is 2. The van der Waals surface area contributed by atoms with Crippen LogP contribution in [0.4, 0.5) is 0 Å². The van der Waals surface area contributed by atoms with Crippen molar-refractivity contribution < 1.29 is 9.26 Å². The molecule has 1 aromatic heterocycles. The second-order valence-corrected chi connectivity index (χ2v) is 6.11. The number of ether oxygens (including phenoxy) is 1. The van der Waals surface area contributed by atoms with Crippen LogP contribution in [0.1, 0.15) is 5.82 Å². The van der Waals surface area contributed by atoms with Crippen LogP contribution in [0.2, 0.25) is 5.02 Å². The first kappa shape index (κ1) is 16.4. The molecule has 0 radical (unpaired) electrons. The molecule has 4 aromatic rings. The molecule has 0 unspecified atom stereocenters.